The van der Waals surface area contributed by atoms with Gasteiger partial charge < -0.3 is 10.6 Å². The van der Waals surface area contributed by atoms with E-state index < -0.39 is 0 Å². The summed E-state index contributed by atoms with van der Waals surface area (Å²) in [6.07, 6.45) is 8.60. The molecular weight excluding hydrogens is 204 g/mol. The van der Waals surface area contributed by atoms with E-state index in [4.69, 9.17) is 5.73 Å². The van der Waals surface area contributed by atoms with Crippen molar-refractivity contribution in [2.24, 2.45) is 5.73 Å². The van der Waals surface area contributed by atoms with Crippen molar-refractivity contribution in [2.75, 3.05) is 25.1 Å². The van der Waals surface area contributed by atoms with Crippen LogP contribution < -0.4 is 5.73 Å². The lowest BCUT2D eigenvalue weighted by Gasteiger charge is -2.35. The first-order valence-electron chi connectivity index (χ1n) is 6.26. The standard InChI is InChI=1S/C12H26N2S/c1-3-14(9-4-10-15-2)12-7-5-11(13)6-8-12/h11-12H,3-10,13H2,1-2H3. The van der Waals surface area contributed by atoms with Gasteiger partial charge in [0.2, 0.25) is 0 Å². The molecule has 1 fully saturated rings. The van der Waals surface area contributed by atoms with Gasteiger partial charge in [-0.15, -0.1) is 0 Å². The summed E-state index contributed by atoms with van der Waals surface area (Å²) >= 11 is 1.95. The van der Waals surface area contributed by atoms with E-state index in [1.54, 1.807) is 0 Å². The topological polar surface area (TPSA) is 29.3 Å². The Labute approximate surface area is 99.0 Å². The molecule has 1 rings (SSSR count). The molecule has 0 aromatic rings. The van der Waals surface area contributed by atoms with Crippen molar-refractivity contribution in [1.29, 1.82) is 0 Å². The molecule has 1 aliphatic rings. The minimum absolute atomic E-state index is 0.478. The number of nitrogens with two attached hydrogens (primary N) is 1. The molecule has 0 amide bonds. The highest BCUT2D eigenvalue weighted by atomic mass is 32.2. The van der Waals surface area contributed by atoms with Gasteiger partial charge in [-0.2, -0.15) is 11.8 Å². The van der Waals surface area contributed by atoms with Gasteiger partial charge in [-0.05, 0) is 57.2 Å². The van der Waals surface area contributed by atoms with E-state index in [-0.39, 0.29) is 0 Å². The molecule has 0 atom stereocenters. The third-order valence-electron chi connectivity index (χ3n) is 3.46. The summed E-state index contributed by atoms with van der Waals surface area (Å²) in [5.41, 5.74) is 5.94. The van der Waals surface area contributed by atoms with E-state index in [2.05, 4.69) is 18.1 Å². The van der Waals surface area contributed by atoms with Gasteiger partial charge in [0.1, 0.15) is 0 Å². The fraction of sp³-hybridized carbons (Fsp3) is 1.00. The Kier molecular flexibility index (Phi) is 6.69. The molecular formula is C12H26N2S. The minimum Gasteiger partial charge on any atom is -0.328 e. The van der Waals surface area contributed by atoms with Crippen LogP contribution in [0.25, 0.3) is 0 Å². The van der Waals surface area contributed by atoms with Crippen molar-refractivity contribution in [2.45, 2.75) is 51.1 Å². The second kappa shape index (κ2) is 7.53. The van der Waals surface area contributed by atoms with Gasteiger partial charge in [0.15, 0.2) is 0 Å². The molecule has 3 heteroatoms. The zero-order valence-electron chi connectivity index (χ0n) is 10.2. The van der Waals surface area contributed by atoms with Crippen LogP contribution in [0.2, 0.25) is 0 Å². The average molecular weight is 230 g/mol. The molecule has 90 valence electrons. The zero-order chi connectivity index (χ0) is 11.1. The van der Waals surface area contributed by atoms with E-state index in [0.717, 1.165) is 6.04 Å². The fourth-order valence-electron chi connectivity index (χ4n) is 2.48. The lowest BCUT2D eigenvalue weighted by atomic mass is 9.90. The third kappa shape index (κ3) is 4.75. The van der Waals surface area contributed by atoms with Crippen LogP contribution in [0.3, 0.4) is 0 Å². The van der Waals surface area contributed by atoms with E-state index in [0.29, 0.717) is 6.04 Å². The molecule has 0 saturated heterocycles. The van der Waals surface area contributed by atoms with Gasteiger partial charge in [0, 0.05) is 12.1 Å². The predicted octanol–water partition coefficient (Wildman–Crippen LogP) is 2.33. The van der Waals surface area contributed by atoms with Gasteiger partial charge in [-0.1, -0.05) is 6.92 Å². The molecule has 0 spiro atoms. The number of nitrogens with zero attached hydrogens (tertiary/aromatic N) is 1. The predicted molar refractivity (Wildman–Crippen MR) is 70.5 cm³/mol. The molecule has 0 radical (unpaired) electrons. The first kappa shape index (κ1) is 13.3. The summed E-state index contributed by atoms with van der Waals surface area (Å²) in [5, 5.41) is 0. The van der Waals surface area contributed by atoms with Crippen molar-refractivity contribution >= 4 is 11.8 Å². The Hall–Kier alpha value is 0.270. The Morgan fingerprint density at radius 2 is 1.93 bits per heavy atom. The molecule has 0 heterocycles. The number of thioether (sulfide) groups is 1. The molecule has 0 bridgehead atoms. The van der Waals surface area contributed by atoms with Crippen molar-refractivity contribution < 1.29 is 0 Å². The highest BCUT2D eigenvalue weighted by Crippen LogP contribution is 2.22. The van der Waals surface area contributed by atoms with Crippen molar-refractivity contribution in [1.82, 2.24) is 4.90 Å². The Morgan fingerprint density at radius 3 is 2.47 bits per heavy atom. The van der Waals surface area contributed by atoms with Crippen LogP contribution in [0, 0.1) is 0 Å². The summed E-state index contributed by atoms with van der Waals surface area (Å²) in [6.45, 7) is 4.76. The quantitative estimate of drug-likeness (QED) is 0.710. The van der Waals surface area contributed by atoms with Gasteiger partial charge in [-0.25, -0.2) is 0 Å². The molecule has 1 aliphatic carbocycles. The van der Waals surface area contributed by atoms with Crippen LogP contribution in [-0.4, -0.2) is 42.1 Å². The molecule has 2 nitrogen and oxygen atoms in total. The second-order valence-electron chi connectivity index (χ2n) is 4.54. The van der Waals surface area contributed by atoms with Crippen LogP contribution >= 0.6 is 11.8 Å². The Bertz CT molecular complexity index is 156. The maximum absolute atomic E-state index is 5.94. The number of hydrogen-bond donors (Lipinski definition) is 1. The third-order valence-corrected chi connectivity index (χ3v) is 4.15. The molecule has 0 aromatic heterocycles. The van der Waals surface area contributed by atoms with Gasteiger partial charge in [-0.3, -0.25) is 0 Å². The lowest BCUT2D eigenvalue weighted by Crippen LogP contribution is -2.41. The van der Waals surface area contributed by atoms with Crippen LogP contribution in [0.1, 0.15) is 39.0 Å². The normalized spacial score (nSPS) is 27.2. The van der Waals surface area contributed by atoms with Gasteiger partial charge in [0.05, 0.1) is 0 Å². The first-order chi connectivity index (χ1) is 7.27. The van der Waals surface area contributed by atoms with Crippen molar-refractivity contribution in [3.05, 3.63) is 0 Å². The van der Waals surface area contributed by atoms with Crippen LogP contribution in [0.4, 0.5) is 0 Å². The molecule has 0 aromatic carbocycles. The summed E-state index contributed by atoms with van der Waals surface area (Å²) in [4.78, 5) is 2.65. The SMILES string of the molecule is CCN(CCCSC)C1CCC(N)CC1. The smallest absolute Gasteiger partial charge is 0.00963 e. The van der Waals surface area contributed by atoms with E-state index >= 15 is 0 Å². The van der Waals surface area contributed by atoms with E-state index in [1.807, 2.05) is 11.8 Å². The zero-order valence-corrected chi connectivity index (χ0v) is 11.1. The largest absolute Gasteiger partial charge is 0.328 e. The van der Waals surface area contributed by atoms with Crippen molar-refractivity contribution in [3.63, 3.8) is 0 Å². The van der Waals surface area contributed by atoms with Crippen LogP contribution in [-0.2, 0) is 0 Å². The molecule has 2 N–H and O–H groups in total. The highest BCUT2D eigenvalue weighted by Gasteiger charge is 2.22. The Morgan fingerprint density at radius 1 is 1.27 bits per heavy atom. The fourth-order valence-corrected chi connectivity index (χ4v) is 2.90. The van der Waals surface area contributed by atoms with E-state index in [9.17, 15) is 0 Å². The van der Waals surface area contributed by atoms with Crippen molar-refractivity contribution in [3.8, 4) is 0 Å². The summed E-state index contributed by atoms with van der Waals surface area (Å²) in [6, 6.07) is 1.29. The lowest BCUT2D eigenvalue weighted by molar-refractivity contribution is 0.157. The van der Waals surface area contributed by atoms with Crippen LogP contribution in [0.15, 0.2) is 0 Å². The maximum atomic E-state index is 5.94. The van der Waals surface area contributed by atoms with Crippen LogP contribution in [0.5, 0.6) is 0 Å². The second-order valence-corrected chi connectivity index (χ2v) is 5.53. The highest BCUT2D eigenvalue weighted by molar-refractivity contribution is 7.98. The maximum Gasteiger partial charge on any atom is 0.00963 e. The van der Waals surface area contributed by atoms with Gasteiger partial charge in [0.25, 0.3) is 0 Å². The van der Waals surface area contributed by atoms with E-state index in [1.165, 1.54) is 50.9 Å². The average Bonchev–Trinajstić information content (AvgIpc) is 2.26. The number of hydrogen-bond acceptors (Lipinski definition) is 3. The summed E-state index contributed by atoms with van der Waals surface area (Å²) in [7, 11) is 0. The minimum atomic E-state index is 0.478. The molecule has 1 saturated carbocycles. The summed E-state index contributed by atoms with van der Waals surface area (Å²) < 4.78 is 0. The molecule has 15 heavy (non-hydrogen) atoms. The Balaban J connectivity index is 2.24. The molecule has 0 aliphatic heterocycles. The van der Waals surface area contributed by atoms with Gasteiger partial charge >= 0.3 is 0 Å². The first-order valence-corrected chi connectivity index (χ1v) is 7.65. The number of rotatable bonds is 6. The monoisotopic (exact) mass is 230 g/mol. The summed E-state index contributed by atoms with van der Waals surface area (Å²) in [5.74, 6) is 1.29. The molecule has 0 unspecified atom stereocenters.